The van der Waals surface area contributed by atoms with Crippen molar-refractivity contribution in [2.75, 3.05) is 0 Å². The van der Waals surface area contributed by atoms with Gasteiger partial charge in [0, 0.05) is 17.2 Å². The Bertz CT molecular complexity index is 505. The van der Waals surface area contributed by atoms with Gasteiger partial charge in [-0.3, -0.25) is 9.59 Å². The van der Waals surface area contributed by atoms with Gasteiger partial charge in [0.2, 0.25) is 0 Å². The second kappa shape index (κ2) is 6.32. The number of benzene rings is 1. The monoisotopic (exact) mass is 257 g/mol. The van der Waals surface area contributed by atoms with Gasteiger partial charge in [-0.1, -0.05) is 29.8 Å². The first-order chi connectivity index (χ1) is 9.22. The topological polar surface area (TPSA) is 46.2 Å². The number of allylic oxidation sites excluding steroid dienone is 1. The lowest BCUT2D eigenvalue weighted by molar-refractivity contribution is 0.0939. The van der Waals surface area contributed by atoms with E-state index in [2.05, 4.69) is 11.4 Å². The summed E-state index contributed by atoms with van der Waals surface area (Å²) in [5, 5.41) is 2.97. The number of amides is 1. The maximum Gasteiger partial charge on any atom is 0.252 e. The molecule has 0 saturated heterocycles. The van der Waals surface area contributed by atoms with Crippen molar-refractivity contribution in [2.24, 2.45) is 0 Å². The van der Waals surface area contributed by atoms with Crippen molar-refractivity contribution in [2.45, 2.75) is 38.6 Å². The Morgan fingerprint density at radius 3 is 2.79 bits per heavy atom. The molecule has 1 aromatic rings. The van der Waals surface area contributed by atoms with E-state index in [1.165, 1.54) is 18.4 Å². The van der Waals surface area contributed by atoms with Gasteiger partial charge < -0.3 is 5.32 Å². The molecule has 1 aliphatic carbocycles. The maximum atomic E-state index is 12.2. The SMILES string of the molecule is CC(NC(=O)c1ccccc1C=O)C1=CCCCC1. The van der Waals surface area contributed by atoms with Crippen molar-refractivity contribution in [1.29, 1.82) is 0 Å². The molecule has 2 rings (SSSR count). The summed E-state index contributed by atoms with van der Waals surface area (Å²) in [5.74, 6) is -0.179. The summed E-state index contributed by atoms with van der Waals surface area (Å²) >= 11 is 0. The van der Waals surface area contributed by atoms with Gasteiger partial charge in [0.15, 0.2) is 6.29 Å². The molecule has 1 aliphatic rings. The van der Waals surface area contributed by atoms with E-state index < -0.39 is 0 Å². The predicted octanol–water partition coefficient (Wildman–Crippen LogP) is 3.12. The van der Waals surface area contributed by atoms with Crippen LogP contribution in [-0.4, -0.2) is 18.2 Å². The summed E-state index contributed by atoms with van der Waals surface area (Å²) in [7, 11) is 0. The van der Waals surface area contributed by atoms with Crippen LogP contribution < -0.4 is 5.32 Å². The largest absolute Gasteiger partial charge is 0.346 e. The van der Waals surface area contributed by atoms with Crippen LogP contribution in [0.25, 0.3) is 0 Å². The van der Waals surface area contributed by atoms with Gasteiger partial charge in [0.05, 0.1) is 0 Å². The average molecular weight is 257 g/mol. The Morgan fingerprint density at radius 1 is 1.32 bits per heavy atom. The molecule has 0 bridgehead atoms. The van der Waals surface area contributed by atoms with E-state index in [0.29, 0.717) is 11.1 Å². The summed E-state index contributed by atoms with van der Waals surface area (Å²) in [6.45, 7) is 2.00. The lowest BCUT2D eigenvalue weighted by atomic mass is 9.94. The second-order valence-corrected chi connectivity index (χ2v) is 4.93. The Labute approximate surface area is 113 Å². The zero-order valence-corrected chi connectivity index (χ0v) is 11.2. The van der Waals surface area contributed by atoms with Crippen molar-refractivity contribution in [3.05, 3.63) is 47.0 Å². The molecule has 1 N–H and O–H groups in total. The second-order valence-electron chi connectivity index (χ2n) is 4.93. The molecule has 0 heterocycles. The van der Waals surface area contributed by atoms with E-state index in [-0.39, 0.29) is 11.9 Å². The van der Waals surface area contributed by atoms with Crippen molar-refractivity contribution >= 4 is 12.2 Å². The molecule has 1 amide bonds. The molecule has 1 atom stereocenters. The van der Waals surface area contributed by atoms with Gasteiger partial charge in [-0.25, -0.2) is 0 Å². The first-order valence-corrected chi connectivity index (χ1v) is 6.76. The molecule has 1 unspecified atom stereocenters. The molecule has 19 heavy (non-hydrogen) atoms. The molecule has 0 fully saturated rings. The minimum Gasteiger partial charge on any atom is -0.346 e. The summed E-state index contributed by atoms with van der Waals surface area (Å²) in [6.07, 6.45) is 7.52. The summed E-state index contributed by atoms with van der Waals surface area (Å²) in [5.41, 5.74) is 2.17. The molecule has 0 aromatic heterocycles. The predicted molar refractivity (Wildman–Crippen MR) is 75.3 cm³/mol. The number of hydrogen-bond acceptors (Lipinski definition) is 2. The molecular weight excluding hydrogens is 238 g/mol. The molecule has 0 aliphatic heterocycles. The van der Waals surface area contributed by atoms with Crippen molar-refractivity contribution in [1.82, 2.24) is 5.32 Å². The van der Waals surface area contributed by atoms with Crippen LogP contribution in [0.4, 0.5) is 0 Å². The van der Waals surface area contributed by atoms with E-state index in [1.54, 1.807) is 24.3 Å². The Kier molecular flexibility index (Phi) is 4.50. The zero-order chi connectivity index (χ0) is 13.7. The van der Waals surface area contributed by atoms with Crippen molar-refractivity contribution in [3.8, 4) is 0 Å². The van der Waals surface area contributed by atoms with Gasteiger partial charge in [0.25, 0.3) is 5.91 Å². The van der Waals surface area contributed by atoms with Crippen LogP contribution in [0.15, 0.2) is 35.9 Å². The highest BCUT2D eigenvalue weighted by molar-refractivity contribution is 6.01. The van der Waals surface area contributed by atoms with Gasteiger partial charge in [-0.2, -0.15) is 0 Å². The fraction of sp³-hybridized carbons (Fsp3) is 0.375. The molecule has 3 nitrogen and oxygen atoms in total. The van der Waals surface area contributed by atoms with E-state index in [4.69, 9.17) is 0 Å². The summed E-state index contributed by atoms with van der Waals surface area (Å²) in [4.78, 5) is 23.1. The van der Waals surface area contributed by atoms with Crippen LogP contribution >= 0.6 is 0 Å². The van der Waals surface area contributed by atoms with Gasteiger partial charge in [-0.15, -0.1) is 0 Å². The van der Waals surface area contributed by atoms with E-state index in [0.717, 1.165) is 19.1 Å². The lowest BCUT2D eigenvalue weighted by Gasteiger charge is -2.21. The van der Waals surface area contributed by atoms with Gasteiger partial charge in [-0.05, 0) is 38.7 Å². The van der Waals surface area contributed by atoms with Crippen LogP contribution in [-0.2, 0) is 0 Å². The summed E-state index contributed by atoms with van der Waals surface area (Å²) < 4.78 is 0. The smallest absolute Gasteiger partial charge is 0.252 e. The fourth-order valence-electron chi connectivity index (χ4n) is 2.43. The Morgan fingerprint density at radius 2 is 2.11 bits per heavy atom. The molecular formula is C16H19NO2. The molecule has 0 saturated carbocycles. The number of carbonyl (C=O) groups is 2. The lowest BCUT2D eigenvalue weighted by Crippen LogP contribution is -2.34. The van der Waals surface area contributed by atoms with Crippen molar-refractivity contribution < 1.29 is 9.59 Å². The molecule has 100 valence electrons. The standard InChI is InChI=1S/C16H19NO2/c1-12(13-7-3-2-4-8-13)17-16(19)15-10-6-5-9-14(15)11-18/h5-7,9-12H,2-4,8H2,1H3,(H,17,19). The zero-order valence-electron chi connectivity index (χ0n) is 11.2. The first kappa shape index (κ1) is 13.5. The van der Waals surface area contributed by atoms with Crippen LogP contribution in [0.2, 0.25) is 0 Å². The molecule has 0 spiro atoms. The minimum atomic E-state index is -0.179. The van der Waals surface area contributed by atoms with Crippen LogP contribution in [0, 0.1) is 0 Å². The molecule has 3 heteroatoms. The quantitative estimate of drug-likeness (QED) is 0.665. The van der Waals surface area contributed by atoms with Crippen molar-refractivity contribution in [3.63, 3.8) is 0 Å². The highest BCUT2D eigenvalue weighted by Crippen LogP contribution is 2.20. The average Bonchev–Trinajstić information content (AvgIpc) is 2.48. The highest BCUT2D eigenvalue weighted by Gasteiger charge is 2.16. The highest BCUT2D eigenvalue weighted by atomic mass is 16.2. The maximum absolute atomic E-state index is 12.2. The number of nitrogens with one attached hydrogen (secondary N) is 1. The minimum absolute atomic E-state index is 0.0347. The van der Waals surface area contributed by atoms with Crippen LogP contribution in [0.1, 0.15) is 53.3 Å². The van der Waals surface area contributed by atoms with Gasteiger partial charge >= 0.3 is 0 Å². The third-order valence-corrected chi connectivity index (χ3v) is 3.56. The number of hydrogen-bond donors (Lipinski definition) is 1. The first-order valence-electron chi connectivity index (χ1n) is 6.76. The third-order valence-electron chi connectivity index (χ3n) is 3.56. The van der Waals surface area contributed by atoms with E-state index in [9.17, 15) is 9.59 Å². The normalized spacial score (nSPS) is 16.4. The van der Waals surface area contributed by atoms with Crippen LogP contribution in [0.3, 0.4) is 0 Å². The van der Waals surface area contributed by atoms with E-state index in [1.807, 2.05) is 6.92 Å². The fourth-order valence-corrected chi connectivity index (χ4v) is 2.43. The number of carbonyl (C=O) groups excluding carboxylic acids is 2. The Hall–Kier alpha value is -1.90. The molecule has 0 radical (unpaired) electrons. The van der Waals surface area contributed by atoms with Crippen LogP contribution in [0.5, 0.6) is 0 Å². The third kappa shape index (κ3) is 3.31. The Balaban J connectivity index is 2.08. The summed E-state index contributed by atoms with van der Waals surface area (Å²) in [6, 6.07) is 6.90. The van der Waals surface area contributed by atoms with Gasteiger partial charge in [0.1, 0.15) is 0 Å². The molecule has 1 aromatic carbocycles. The van der Waals surface area contributed by atoms with E-state index >= 15 is 0 Å². The number of rotatable bonds is 4. The number of aldehydes is 1.